The van der Waals surface area contributed by atoms with E-state index in [-0.39, 0.29) is 17.5 Å². The summed E-state index contributed by atoms with van der Waals surface area (Å²) in [5, 5.41) is 11.1. The van der Waals surface area contributed by atoms with E-state index in [0.717, 1.165) is 65.4 Å². The summed E-state index contributed by atoms with van der Waals surface area (Å²) in [7, 11) is 0. The first kappa shape index (κ1) is 28.6. The zero-order valence-electron chi connectivity index (χ0n) is 25.9. The predicted molar refractivity (Wildman–Crippen MR) is 165 cm³/mol. The number of rotatable bonds is 6. The number of allylic oxidation sites excluding steroid dienone is 1. The van der Waals surface area contributed by atoms with Gasteiger partial charge in [-0.25, -0.2) is 0 Å². The molecule has 3 heterocycles. The Bertz CT molecular complexity index is 1340. The van der Waals surface area contributed by atoms with E-state index in [2.05, 4.69) is 55.0 Å². The summed E-state index contributed by atoms with van der Waals surface area (Å²) in [6.07, 6.45) is 17.4. The van der Waals surface area contributed by atoms with Crippen molar-refractivity contribution in [3.05, 3.63) is 41.2 Å². The molecule has 1 aliphatic heterocycles. The molecule has 5 aliphatic rings. The molecule has 0 unspecified atom stereocenters. The summed E-state index contributed by atoms with van der Waals surface area (Å²) in [4.78, 5) is 15.8. The van der Waals surface area contributed by atoms with Crippen LogP contribution in [0.4, 0.5) is 0 Å². The van der Waals surface area contributed by atoms with Crippen LogP contribution in [-0.2, 0) is 14.3 Å². The van der Waals surface area contributed by atoms with E-state index in [0.29, 0.717) is 35.4 Å². The zero-order chi connectivity index (χ0) is 29.2. The number of carbonyl (C=O) groups excluding carboxylic acids is 1. The van der Waals surface area contributed by atoms with Crippen molar-refractivity contribution >= 4 is 17.3 Å². The molecule has 0 amide bonds. The van der Waals surface area contributed by atoms with Crippen molar-refractivity contribution in [1.82, 2.24) is 15.2 Å². The molecule has 226 valence electrons. The third kappa shape index (κ3) is 4.68. The summed E-state index contributed by atoms with van der Waals surface area (Å²) in [5.74, 6) is 3.77. The highest BCUT2D eigenvalue weighted by atomic mass is 32.1. The lowest BCUT2D eigenvalue weighted by molar-refractivity contribution is -0.148. The normalized spacial score (nSPS) is 41.2. The molecule has 0 bridgehead atoms. The van der Waals surface area contributed by atoms with E-state index in [4.69, 9.17) is 9.47 Å². The molecule has 11 atom stereocenters. The fourth-order valence-corrected chi connectivity index (χ4v) is 11.5. The van der Waals surface area contributed by atoms with Gasteiger partial charge in [-0.1, -0.05) is 50.7 Å². The number of nitrogens with zero attached hydrogens (tertiary/aromatic N) is 3. The smallest absolute Gasteiger partial charge is 0.302 e. The van der Waals surface area contributed by atoms with Crippen LogP contribution in [0.1, 0.15) is 103 Å². The molecule has 6 nitrogen and oxygen atoms in total. The number of ether oxygens (including phenoxy) is 2. The van der Waals surface area contributed by atoms with Crippen LogP contribution in [0.2, 0.25) is 0 Å². The maximum Gasteiger partial charge on any atom is 0.302 e. The molecular weight excluding hydrogens is 542 g/mol. The molecule has 0 N–H and O–H groups in total. The molecule has 2 aromatic heterocycles. The summed E-state index contributed by atoms with van der Waals surface area (Å²) in [6, 6.07) is 4.00. The van der Waals surface area contributed by atoms with Gasteiger partial charge >= 0.3 is 5.97 Å². The minimum Gasteiger partial charge on any atom is -0.462 e. The van der Waals surface area contributed by atoms with E-state index in [1.807, 2.05) is 12.3 Å². The van der Waals surface area contributed by atoms with Crippen LogP contribution in [0.5, 0.6) is 0 Å². The number of hydrogen-bond acceptors (Lipinski definition) is 7. The standard InChI is InChI=1S/C35H47N3O3S/c1-20(32-37-38-33(42-32)23-7-6-16-36-19-23)8-11-29-21(2)31-30(41-29)18-28-26-10-9-24-17-25(40-22(3)39)12-14-34(24,4)27(26)13-15-35(28,31)5/h6-7,9,16,19-21,25-31H,8,10-15,17-18H2,1-5H3/t20-,21-,25+,26-,27+,28+,29-,30+,31+,34+,35+/m1/s1. The molecule has 0 aromatic carbocycles. The Morgan fingerprint density at radius 1 is 1.21 bits per heavy atom. The van der Waals surface area contributed by atoms with Crippen LogP contribution < -0.4 is 0 Å². The van der Waals surface area contributed by atoms with Crippen molar-refractivity contribution in [3.63, 3.8) is 0 Å². The Labute approximate surface area is 255 Å². The fourth-order valence-electron chi connectivity index (χ4n) is 10.6. The van der Waals surface area contributed by atoms with Crippen molar-refractivity contribution in [3.8, 4) is 10.6 Å². The van der Waals surface area contributed by atoms with Gasteiger partial charge in [0.2, 0.25) is 0 Å². The van der Waals surface area contributed by atoms with Crippen molar-refractivity contribution in [2.24, 2.45) is 40.4 Å². The van der Waals surface area contributed by atoms with Crippen LogP contribution in [0, 0.1) is 40.4 Å². The number of pyridine rings is 1. The number of hydrogen-bond donors (Lipinski definition) is 0. The summed E-state index contributed by atoms with van der Waals surface area (Å²) >= 11 is 1.70. The Morgan fingerprint density at radius 3 is 2.86 bits per heavy atom. The first-order valence-electron chi connectivity index (χ1n) is 16.4. The largest absolute Gasteiger partial charge is 0.462 e. The molecule has 4 aliphatic carbocycles. The van der Waals surface area contributed by atoms with Gasteiger partial charge in [0.1, 0.15) is 16.1 Å². The zero-order valence-corrected chi connectivity index (χ0v) is 26.7. The monoisotopic (exact) mass is 589 g/mol. The molecule has 0 spiro atoms. The van der Waals surface area contributed by atoms with Crippen LogP contribution >= 0.6 is 11.3 Å². The number of aromatic nitrogens is 3. The molecule has 1 saturated heterocycles. The molecular formula is C35H47N3O3S. The van der Waals surface area contributed by atoms with Crippen molar-refractivity contribution in [2.75, 3.05) is 0 Å². The van der Waals surface area contributed by atoms with Gasteiger partial charge in [0, 0.05) is 37.2 Å². The Morgan fingerprint density at radius 2 is 2.07 bits per heavy atom. The summed E-state index contributed by atoms with van der Waals surface area (Å²) in [6.45, 7) is 11.5. The van der Waals surface area contributed by atoms with Crippen molar-refractivity contribution < 1.29 is 14.3 Å². The minimum absolute atomic E-state index is 0.0713. The first-order valence-corrected chi connectivity index (χ1v) is 17.2. The second-order valence-corrected chi connectivity index (χ2v) is 15.8. The van der Waals surface area contributed by atoms with Crippen LogP contribution in [0.3, 0.4) is 0 Å². The van der Waals surface area contributed by atoms with Gasteiger partial charge in [0.05, 0.1) is 12.2 Å². The average Bonchev–Trinajstić information content (AvgIpc) is 3.66. The maximum atomic E-state index is 11.6. The minimum atomic E-state index is -0.138. The molecule has 0 radical (unpaired) electrons. The quantitative estimate of drug-likeness (QED) is 0.251. The van der Waals surface area contributed by atoms with Gasteiger partial charge in [-0.15, -0.1) is 10.2 Å². The third-order valence-electron chi connectivity index (χ3n) is 12.6. The second-order valence-electron chi connectivity index (χ2n) is 14.8. The van der Waals surface area contributed by atoms with Crippen LogP contribution in [0.15, 0.2) is 36.2 Å². The predicted octanol–water partition coefficient (Wildman–Crippen LogP) is 8.01. The van der Waals surface area contributed by atoms with E-state index < -0.39 is 0 Å². The number of carbonyl (C=O) groups is 1. The molecule has 7 rings (SSSR count). The Kier molecular flexibility index (Phi) is 7.36. The second kappa shape index (κ2) is 10.8. The SMILES string of the molecule is CC(=O)O[C@H]1CC[C@@]2(C)C(=CC[C@H]3[C@@H]4C[C@@H]5O[C@H](CC[C@@H](C)c6nnc(-c7cccnc7)s6)[C@@H](C)[C@@H]5[C@@]4(C)CC[C@@H]32)C1. The number of esters is 1. The molecule has 42 heavy (non-hydrogen) atoms. The lowest BCUT2D eigenvalue weighted by Gasteiger charge is -2.58. The van der Waals surface area contributed by atoms with Gasteiger partial charge in [0.25, 0.3) is 0 Å². The Balaban J connectivity index is 1.00. The third-order valence-corrected chi connectivity index (χ3v) is 13.8. The van der Waals surface area contributed by atoms with Gasteiger partial charge < -0.3 is 9.47 Å². The molecule has 2 aromatic rings. The van der Waals surface area contributed by atoms with E-state index in [1.165, 1.54) is 25.7 Å². The van der Waals surface area contributed by atoms with Gasteiger partial charge in [-0.2, -0.15) is 0 Å². The lowest BCUT2D eigenvalue weighted by atomic mass is 9.47. The van der Waals surface area contributed by atoms with Gasteiger partial charge in [0.15, 0.2) is 0 Å². The lowest BCUT2D eigenvalue weighted by Crippen LogP contribution is -2.51. The van der Waals surface area contributed by atoms with Gasteiger partial charge in [-0.05, 0) is 104 Å². The highest BCUT2D eigenvalue weighted by Crippen LogP contribution is 2.69. The maximum absolute atomic E-state index is 11.6. The van der Waals surface area contributed by atoms with E-state index in [9.17, 15) is 4.79 Å². The highest BCUT2D eigenvalue weighted by Gasteiger charge is 2.65. The fraction of sp³-hybridized carbons (Fsp3) is 0.714. The van der Waals surface area contributed by atoms with Crippen LogP contribution in [0.25, 0.3) is 10.6 Å². The first-order chi connectivity index (χ1) is 20.2. The van der Waals surface area contributed by atoms with E-state index in [1.54, 1.807) is 30.0 Å². The molecule has 7 heteroatoms. The van der Waals surface area contributed by atoms with Gasteiger partial charge in [-0.3, -0.25) is 9.78 Å². The summed E-state index contributed by atoms with van der Waals surface area (Å²) in [5.41, 5.74) is 3.26. The molecule has 4 fully saturated rings. The number of fused-ring (bicyclic) bond motifs is 7. The average molecular weight is 590 g/mol. The highest BCUT2D eigenvalue weighted by molar-refractivity contribution is 7.14. The topological polar surface area (TPSA) is 74.2 Å². The summed E-state index contributed by atoms with van der Waals surface area (Å²) < 4.78 is 12.6. The molecule has 3 saturated carbocycles. The van der Waals surface area contributed by atoms with Crippen LogP contribution in [-0.4, -0.2) is 39.5 Å². The van der Waals surface area contributed by atoms with Crippen molar-refractivity contribution in [1.29, 1.82) is 0 Å². The van der Waals surface area contributed by atoms with E-state index >= 15 is 0 Å². The van der Waals surface area contributed by atoms with Crippen molar-refractivity contribution in [2.45, 2.75) is 117 Å². The Hall–Kier alpha value is -2.12.